The third-order valence-corrected chi connectivity index (χ3v) is 5.38. The fraction of sp³-hybridized carbons (Fsp3) is 0.455. The lowest BCUT2D eigenvalue weighted by Gasteiger charge is -2.16. The molecule has 17 heavy (non-hydrogen) atoms. The van der Waals surface area contributed by atoms with Crippen LogP contribution in [0.3, 0.4) is 0 Å². The van der Waals surface area contributed by atoms with Gasteiger partial charge in [0.25, 0.3) is 0 Å². The molecule has 0 aliphatic heterocycles. The van der Waals surface area contributed by atoms with E-state index in [1.54, 1.807) is 31.2 Å². The molecule has 2 atom stereocenters. The number of hydrogen-bond acceptors (Lipinski definition) is 4. The number of aliphatic hydroxyl groups excluding tert-OH is 1. The first kappa shape index (κ1) is 14.5. The third-order valence-electron chi connectivity index (χ3n) is 2.40. The van der Waals surface area contributed by atoms with E-state index in [-0.39, 0.29) is 10.1 Å². The van der Waals surface area contributed by atoms with Gasteiger partial charge in [-0.15, -0.1) is 11.8 Å². The van der Waals surface area contributed by atoms with Crippen molar-refractivity contribution in [1.29, 1.82) is 0 Å². The summed E-state index contributed by atoms with van der Waals surface area (Å²) in [4.78, 5) is 0.898. The fourth-order valence-corrected chi connectivity index (χ4v) is 3.40. The first-order valence-electron chi connectivity index (χ1n) is 5.25. The van der Waals surface area contributed by atoms with Gasteiger partial charge in [-0.25, -0.2) is 13.1 Å². The average molecular weight is 275 g/mol. The highest BCUT2D eigenvalue weighted by molar-refractivity contribution is 8.00. The average Bonchev–Trinajstić information content (AvgIpc) is 2.29. The van der Waals surface area contributed by atoms with Crippen LogP contribution < -0.4 is 4.72 Å². The molecule has 2 N–H and O–H groups in total. The van der Waals surface area contributed by atoms with E-state index < -0.39 is 16.1 Å². The van der Waals surface area contributed by atoms with Gasteiger partial charge in [0.2, 0.25) is 10.0 Å². The number of rotatable bonds is 5. The van der Waals surface area contributed by atoms with Crippen LogP contribution in [0.4, 0.5) is 0 Å². The Kier molecular flexibility index (Phi) is 5.00. The highest BCUT2D eigenvalue weighted by Crippen LogP contribution is 2.30. The largest absolute Gasteiger partial charge is 0.392 e. The van der Waals surface area contributed by atoms with E-state index in [1.807, 2.05) is 6.92 Å². The summed E-state index contributed by atoms with van der Waals surface area (Å²) in [5.74, 6) is 0. The molecule has 6 heteroatoms. The monoisotopic (exact) mass is 275 g/mol. The molecule has 0 aliphatic rings. The maximum Gasteiger partial charge on any atom is 0.241 e. The molecule has 96 valence electrons. The second-order valence-electron chi connectivity index (χ2n) is 3.72. The predicted octanol–water partition coefficient (Wildman–Crippen LogP) is 1.46. The smallest absolute Gasteiger partial charge is 0.241 e. The van der Waals surface area contributed by atoms with E-state index >= 15 is 0 Å². The molecule has 4 nitrogen and oxygen atoms in total. The molecule has 0 heterocycles. The van der Waals surface area contributed by atoms with E-state index in [9.17, 15) is 13.5 Å². The van der Waals surface area contributed by atoms with E-state index in [4.69, 9.17) is 0 Å². The summed E-state index contributed by atoms with van der Waals surface area (Å²) in [6, 6.07) is 6.77. The van der Waals surface area contributed by atoms with Crippen molar-refractivity contribution in [3.8, 4) is 0 Å². The van der Waals surface area contributed by atoms with Crippen molar-refractivity contribution in [1.82, 2.24) is 4.72 Å². The Bertz CT molecular complexity index is 471. The molecule has 1 aromatic carbocycles. The maximum absolute atomic E-state index is 11.8. The quantitative estimate of drug-likeness (QED) is 0.798. The topological polar surface area (TPSA) is 66.4 Å². The van der Waals surface area contributed by atoms with Gasteiger partial charge in [0, 0.05) is 10.1 Å². The van der Waals surface area contributed by atoms with Gasteiger partial charge in [-0.1, -0.05) is 19.1 Å². The normalized spacial score (nSPS) is 15.5. The predicted molar refractivity (Wildman–Crippen MR) is 69.7 cm³/mol. The number of sulfonamides is 1. The van der Waals surface area contributed by atoms with Crippen LogP contribution in [0.5, 0.6) is 0 Å². The van der Waals surface area contributed by atoms with Gasteiger partial charge in [0.05, 0.1) is 11.0 Å². The van der Waals surface area contributed by atoms with E-state index in [0.717, 1.165) is 0 Å². The first-order valence-corrected chi connectivity index (χ1v) is 7.62. The van der Waals surface area contributed by atoms with Crippen LogP contribution in [0, 0.1) is 0 Å². The highest BCUT2D eigenvalue weighted by atomic mass is 32.2. The van der Waals surface area contributed by atoms with Crippen molar-refractivity contribution >= 4 is 21.8 Å². The molecule has 1 rings (SSSR count). The molecule has 0 amide bonds. The van der Waals surface area contributed by atoms with Crippen LogP contribution in [-0.2, 0) is 10.0 Å². The second-order valence-corrected chi connectivity index (χ2v) is 6.99. The first-order chi connectivity index (χ1) is 7.88. The van der Waals surface area contributed by atoms with Crippen molar-refractivity contribution in [2.45, 2.75) is 35.0 Å². The number of benzene rings is 1. The van der Waals surface area contributed by atoms with Gasteiger partial charge in [0.1, 0.15) is 0 Å². The summed E-state index contributed by atoms with van der Waals surface area (Å²) in [5.41, 5.74) is 0. The summed E-state index contributed by atoms with van der Waals surface area (Å²) < 4.78 is 25.9. The SMILES string of the molecule is CNS(=O)(=O)c1ccccc1SC(C)C(C)O. The minimum absolute atomic E-state index is 0.0665. The number of hydrogen-bond donors (Lipinski definition) is 2. The van der Waals surface area contributed by atoms with Crippen LogP contribution in [0.15, 0.2) is 34.1 Å². The van der Waals surface area contributed by atoms with Crippen LogP contribution in [0.1, 0.15) is 13.8 Å². The summed E-state index contributed by atoms with van der Waals surface area (Å²) >= 11 is 1.35. The van der Waals surface area contributed by atoms with Crippen LogP contribution in [0.2, 0.25) is 0 Å². The Morgan fingerprint density at radius 2 is 1.88 bits per heavy atom. The Balaban J connectivity index is 3.09. The van der Waals surface area contributed by atoms with Gasteiger partial charge < -0.3 is 5.11 Å². The fourth-order valence-electron chi connectivity index (χ4n) is 1.18. The van der Waals surface area contributed by atoms with Crippen LogP contribution in [-0.4, -0.2) is 31.9 Å². The summed E-state index contributed by atoms with van der Waals surface area (Å²) in [6.45, 7) is 3.55. The lowest BCUT2D eigenvalue weighted by molar-refractivity contribution is 0.196. The molecule has 1 aromatic rings. The van der Waals surface area contributed by atoms with Crippen molar-refractivity contribution in [3.63, 3.8) is 0 Å². The Labute approximate surface area is 106 Å². The second kappa shape index (κ2) is 5.86. The maximum atomic E-state index is 11.8. The van der Waals surface area contributed by atoms with Crippen molar-refractivity contribution in [2.24, 2.45) is 0 Å². The van der Waals surface area contributed by atoms with E-state index in [1.165, 1.54) is 18.8 Å². The molecule has 0 aliphatic carbocycles. The van der Waals surface area contributed by atoms with Crippen LogP contribution in [0.25, 0.3) is 0 Å². The van der Waals surface area contributed by atoms with Gasteiger partial charge in [0.15, 0.2) is 0 Å². The van der Waals surface area contributed by atoms with Crippen molar-refractivity contribution in [2.75, 3.05) is 7.05 Å². The minimum atomic E-state index is -3.45. The zero-order chi connectivity index (χ0) is 13.1. The highest BCUT2D eigenvalue weighted by Gasteiger charge is 2.19. The molecule has 0 bridgehead atoms. The summed E-state index contributed by atoms with van der Waals surface area (Å²) in [7, 11) is -2.07. The summed E-state index contributed by atoms with van der Waals surface area (Å²) in [5, 5.41) is 9.38. The molecule has 2 unspecified atom stereocenters. The molecule has 0 saturated heterocycles. The number of thioether (sulfide) groups is 1. The number of aliphatic hydroxyl groups is 1. The van der Waals surface area contributed by atoms with Gasteiger partial charge in [-0.05, 0) is 26.1 Å². The van der Waals surface area contributed by atoms with E-state index in [0.29, 0.717) is 4.90 Å². The molecular formula is C11H17NO3S2. The lowest BCUT2D eigenvalue weighted by atomic mass is 10.3. The Morgan fingerprint density at radius 1 is 1.29 bits per heavy atom. The van der Waals surface area contributed by atoms with Gasteiger partial charge in [-0.3, -0.25) is 0 Å². The number of nitrogens with one attached hydrogen (secondary N) is 1. The third kappa shape index (κ3) is 3.70. The van der Waals surface area contributed by atoms with Crippen molar-refractivity contribution < 1.29 is 13.5 Å². The van der Waals surface area contributed by atoms with Gasteiger partial charge >= 0.3 is 0 Å². The summed E-state index contributed by atoms with van der Waals surface area (Å²) in [6.07, 6.45) is -0.495. The molecule has 0 saturated carbocycles. The molecule has 0 fully saturated rings. The Hall–Kier alpha value is -0.560. The zero-order valence-corrected chi connectivity index (χ0v) is 11.7. The molecular weight excluding hydrogens is 258 g/mol. The lowest BCUT2D eigenvalue weighted by Crippen LogP contribution is -2.20. The van der Waals surface area contributed by atoms with Crippen LogP contribution >= 0.6 is 11.8 Å². The molecule has 0 spiro atoms. The minimum Gasteiger partial charge on any atom is -0.392 e. The van der Waals surface area contributed by atoms with Gasteiger partial charge in [-0.2, -0.15) is 0 Å². The molecule has 0 aromatic heterocycles. The Morgan fingerprint density at radius 3 is 2.41 bits per heavy atom. The van der Waals surface area contributed by atoms with E-state index in [2.05, 4.69) is 4.72 Å². The van der Waals surface area contributed by atoms with Crippen molar-refractivity contribution in [3.05, 3.63) is 24.3 Å². The zero-order valence-electron chi connectivity index (χ0n) is 10.0. The standard InChI is InChI=1S/C11H17NO3S2/c1-8(13)9(2)16-10-6-4-5-7-11(10)17(14,15)12-3/h4-9,12-13H,1-3H3. The molecule has 0 radical (unpaired) electrons.